The fourth-order valence-electron chi connectivity index (χ4n) is 5.92. The van der Waals surface area contributed by atoms with Gasteiger partial charge in [0.2, 0.25) is 5.95 Å². The van der Waals surface area contributed by atoms with E-state index in [9.17, 15) is 22.8 Å². The molecule has 0 aromatic carbocycles. The molecule has 0 radical (unpaired) electrons. The minimum absolute atomic E-state index is 0.0304. The molecule has 3 aromatic heterocycles. The van der Waals surface area contributed by atoms with Crippen LogP contribution in [0.1, 0.15) is 61.5 Å². The number of ether oxygens (including phenoxy) is 1. The number of aliphatic hydroxyl groups excluding tert-OH is 1. The topological polar surface area (TPSA) is 189 Å². The minimum Gasteiger partial charge on any atom is -0.446 e. The van der Waals surface area contributed by atoms with Crippen LogP contribution in [0.2, 0.25) is 0 Å². The van der Waals surface area contributed by atoms with E-state index in [1.54, 1.807) is 30.0 Å². The number of nitrogens with one attached hydrogen (secondary N) is 2. The lowest BCUT2D eigenvalue weighted by Gasteiger charge is -2.40. The van der Waals surface area contributed by atoms with Crippen molar-refractivity contribution in [1.29, 1.82) is 0 Å². The van der Waals surface area contributed by atoms with E-state index >= 15 is 0 Å². The normalized spacial score (nSPS) is 18.0. The van der Waals surface area contributed by atoms with Crippen LogP contribution in [0.15, 0.2) is 29.3 Å². The third-order valence-electron chi connectivity index (χ3n) is 8.04. The second-order valence-electron chi connectivity index (χ2n) is 11.0. The molecule has 2 fully saturated rings. The molecular weight excluding hydrogens is 592 g/mol. The summed E-state index contributed by atoms with van der Waals surface area (Å²) in [6, 6.07) is 3.34. The van der Waals surface area contributed by atoms with Crippen LogP contribution in [0.25, 0.3) is 11.0 Å². The van der Waals surface area contributed by atoms with Gasteiger partial charge in [0.25, 0.3) is 5.56 Å². The van der Waals surface area contributed by atoms with Crippen molar-refractivity contribution in [2.75, 3.05) is 43.1 Å². The zero-order valence-electron chi connectivity index (χ0n) is 24.8. The number of anilines is 3. The third-order valence-corrected chi connectivity index (χ3v) is 9.47. The predicted octanol–water partition coefficient (Wildman–Crippen LogP) is 2.03. The van der Waals surface area contributed by atoms with E-state index in [0.29, 0.717) is 29.0 Å². The number of Topliss-reactive ketones (excluding diaryl/α,β-unsaturated/α-hetero) is 1. The molecule has 16 heteroatoms. The highest BCUT2D eigenvalue weighted by atomic mass is 32.2. The molecule has 1 saturated heterocycles. The Morgan fingerprint density at radius 1 is 1.14 bits per heavy atom. The summed E-state index contributed by atoms with van der Waals surface area (Å²) in [5, 5.41) is 12.5. The predicted molar refractivity (Wildman–Crippen MR) is 162 cm³/mol. The molecule has 1 amide bonds. The lowest BCUT2D eigenvalue weighted by molar-refractivity contribution is 0.101. The first-order valence-electron chi connectivity index (χ1n) is 14.5. The first-order valence-corrected chi connectivity index (χ1v) is 15.9. The second kappa shape index (κ2) is 12.8. The number of fused-ring (bicyclic) bond motifs is 1. The summed E-state index contributed by atoms with van der Waals surface area (Å²) in [7, 11) is -4.11. The number of rotatable bonds is 9. The van der Waals surface area contributed by atoms with Crippen LogP contribution in [0.5, 0.6) is 0 Å². The summed E-state index contributed by atoms with van der Waals surface area (Å²) in [6.07, 6.45) is 5.85. The number of amides is 1. The van der Waals surface area contributed by atoms with Crippen LogP contribution in [-0.2, 0) is 14.9 Å². The Hall–Kier alpha value is -4.15. The highest BCUT2D eigenvalue weighted by molar-refractivity contribution is 7.87. The number of hydrogen-bond donors (Lipinski definition) is 3. The van der Waals surface area contributed by atoms with E-state index in [-0.39, 0.29) is 54.6 Å². The van der Waals surface area contributed by atoms with E-state index in [1.165, 1.54) is 11.2 Å². The van der Waals surface area contributed by atoms with Gasteiger partial charge >= 0.3 is 16.3 Å². The quantitative estimate of drug-likeness (QED) is 0.293. The van der Waals surface area contributed by atoms with Crippen LogP contribution in [0.4, 0.5) is 22.2 Å². The van der Waals surface area contributed by atoms with Crippen molar-refractivity contribution in [2.45, 2.75) is 58.5 Å². The summed E-state index contributed by atoms with van der Waals surface area (Å²) < 4.78 is 34.5. The van der Waals surface area contributed by atoms with Crippen molar-refractivity contribution in [3.63, 3.8) is 0 Å². The van der Waals surface area contributed by atoms with E-state index in [1.807, 2.05) is 22.6 Å². The van der Waals surface area contributed by atoms with Crippen molar-refractivity contribution in [3.8, 4) is 0 Å². The Labute approximate surface area is 254 Å². The zero-order valence-corrected chi connectivity index (χ0v) is 25.6. The summed E-state index contributed by atoms with van der Waals surface area (Å²) >= 11 is 0. The smallest absolute Gasteiger partial charge is 0.422 e. The fourth-order valence-corrected chi connectivity index (χ4v) is 7.05. The SMILES string of the molecule is CC(=O)c1c(C)c2cnc(Nc3ccc(N4CCN(S(=O)(=O)NC(=O)OCCO)C[C@@H]4C)cn3)nc2n(C2CCCC2)c1=O. The van der Waals surface area contributed by atoms with E-state index < -0.39 is 22.9 Å². The molecule has 0 unspecified atom stereocenters. The van der Waals surface area contributed by atoms with Gasteiger partial charge in [-0.25, -0.2) is 19.5 Å². The number of piperazine rings is 1. The van der Waals surface area contributed by atoms with Gasteiger partial charge in [0, 0.05) is 43.3 Å². The van der Waals surface area contributed by atoms with Gasteiger partial charge in [-0.1, -0.05) is 12.8 Å². The molecule has 0 spiro atoms. The van der Waals surface area contributed by atoms with Crippen molar-refractivity contribution in [3.05, 3.63) is 46.0 Å². The minimum atomic E-state index is -4.11. The Kier molecular flexibility index (Phi) is 9.12. The van der Waals surface area contributed by atoms with Gasteiger partial charge in [-0.05, 0) is 51.3 Å². The van der Waals surface area contributed by atoms with E-state index in [4.69, 9.17) is 10.1 Å². The van der Waals surface area contributed by atoms with Crippen LogP contribution in [0.3, 0.4) is 0 Å². The highest BCUT2D eigenvalue weighted by Gasteiger charge is 2.33. The fraction of sp³-hybridized carbons (Fsp3) is 0.500. The second-order valence-corrected chi connectivity index (χ2v) is 12.7. The maximum absolute atomic E-state index is 13.5. The molecule has 3 aromatic rings. The summed E-state index contributed by atoms with van der Waals surface area (Å²) in [5.41, 5.74) is 1.69. The Bertz CT molecular complexity index is 1720. The maximum atomic E-state index is 13.5. The van der Waals surface area contributed by atoms with E-state index in [0.717, 1.165) is 31.4 Å². The molecule has 44 heavy (non-hydrogen) atoms. The maximum Gasteiger partial charge on any atom is 0.422 e. The molecule has 3 N–H and O–H groups in total. The summed E-state index contributed by atoms with van der Waals surface area (Å²) in [5.74, 6) is 0.455. The summed E-state index contributed by atoms with van der Waals surface area (Å²) in [4.78, 5) is 53.1. The molecule has 4 heterocycles. The molecule has 0 bridgehead atoms. The number of hydrogen-bond acceptors (Lipinski definition) is 12. The lowest BCUT2D eigenvalue weighted by Crippen LogP contribution is -2.56. The number of ketones is 1. The van der Waals surface area contributed by atoms with E-state index in [2.05, 4.69) is 20.0 Å². The van der Waals surface area contributed by atoms with Gasteiger partial charge in [0.1, 0.15) is 18.1 Å². The largest absolute Gasteiger partial charge is 0.446 e. The molecule has 1 saturated carbocycles. The van der Waals surface area contributed by atoms with Gasteiger partial charge in [0.15, 0.2) is 5.78 Å². The van der Waals surface area contributed by atoms with Crippen LogP contribution < -0.4 is 20.5 Å². The van der Waals surface area contributed by atoms with Crippen LogP contribution >= 0.6 is 0 Å². The third kappa shape index (κ3) is 6.37. The molecule has 236 valence electrons. The Morgan fingerprint density at radius 2 is 1.89 bits per heavy atom. The molecule has 1 aliphatic heterocycles. The number of carbonyl (C=O) groups excluding carboxylic acids is 2. The van der Waals surface area contributed by atoms with Crippen molar-refractivity contribution in [2.24, 2.45) is 0 Å². The monoisotopic (exact) mass is 628 g/mol. The molecule has 15 nitrogen and oxygen atoms in total. The van der Waals surface area contributed by atoms with Gasteiger partial charge in [0.05, 0.1) is 24.1 Å². The standard InChI is InChI=1S/C28H36N8O7S/c1-17-16-34(44(41,42)33-28(40)43-13-12-37)10-11-35(17)21-8-9-23(29-14-21)31-27-30-15-22-18(2)24(19(3)38)26(39)36(25(22)32-27)20-6-4-5-7-20/h8-9,14-15,17,20,37H,4-7,10-13,16H2,1-3H3,(H,33,40)(H,29,30,31,32)/t17-/m0/s1. The lowest BCUT2D eigenvalue weighted by atomic mass is 10.0. The number of aliphatic hydroxyl groups is 1. The van der Waals surface area contributed by atoms with Crippen molar-refractivity contribution < 1.29 is 27.9 Å². The number of pyridine rings is 2. The van der Waals surface area contributed by atoms with Crippen LogP contribution in [0, 0.1) is 6.92 Å². The molecule has 2 aliphatic rings. The molecular formula is C28H36N8O7S. The first-order chi connectivity index (χ1) is 21.0. The average molecular weight is 629 g/mol. The average Bonchev–Trinajstić information content (AvgIpc) is 3.51. The molecule has 5 rings (SSSR count). The Morgan fingerprint density at radius 3 is 2.52 bits per heavy atom. The van der Waals surface area contributed by atoms with Gasteiger partial charge in [-0.15, -0.1) is 0 Å². The van der Waals surface area contributed by atoms with Gasteiger partial charge < -0.3 is 20.1 Å². The van der Waals surface area contributed by atoms with Crippen LogP contribution in [-0.4, -0.2) is 88.1 Å². The first kappa shape index (κ1) is 31.3. The zero-order chi connectivity index (χ0) is 31.6. The highest BCUT2D eigenvalue weighted by Crippen LogP contribution is 2.32. The van der Waals surface area contributed by atoms with Crippen molar-refractivity contribution in [1.82, 2.24) is 28.5 Å². The number of carbonyl (C=O) groups is 2. The number of nitrogens with zero attached hydrogens (tertiary/aromatic N) is 6. The van der Waals surface area contributed by atoms with Crippen molar-refractivity contribution >= 4 is 50.6 Å². The summed E-state index contributed by atoms with van der Waals surface area (Å²) in [6.45, 7) is 4.91. The number of aryl methyl sites for hydroxylation is 1. The molecule has 1 aliphatic carbocycles. The van der Waals surface area contributed by atoms with Gasteiger partial charge in [-0.3, -0.25) is 14.2 Å². The van der Waals surface area contributed by atoms with Gasteiger partial charge in [-0.2, -0.15) is 17.7 Å². The molecule has 1 atom stereocenters. The number of aromatic nitrogens is 4. The Balaban J connectivity index is 1.31.